The average Bonchev–Trinajstić information content (AvgIpc) is 2.62. The number of esters is 1. The number of carbonyl (C=O) groups excluding carboxylic acids is 1. The van der Waals surface area contributed by atoms with Gasteiger partial charge in [-0.05, 0) is 31.9 Å². The zero-order valence-corrected chi connectivity index (χ0v) is 15.9. The van der Waals surface area contributed by atoms with E-state index in [0.717, 1.165) is 11.1 Å². The third-order valence-electron chi connectivity index (χ3n) is 4.36. The highest BCUT2D eigenvalue weighted by Gasteiger charge is 2.30. The van der Waals surface area contributed by atoms with Crippen LogP contribution in [0.5, 0.6) is 0 Å². The summed E-state index contributed by atoms with van der Waals surface area (Å²) in [7, 11) is 0. The van der Waals surface area contributed by atoms with Gasteiger partial charge >= 0.3 is 5.97 Å². The monoisotopic (exact) mass is 355 g/mol. The van der Waals surface area contributed by atoms with Crippen molar-refractivity contribution in [3.63, 3.8) is 0 Å². The maximum Gasteiger partial charge on any atom is 0.333 e. The molecule has 0 bridgehead atoms. The van der Waals surface area contributed by atoms with Gasteiger partial charge in [-0.25, -0.2) is 4.79 Å². The summed E-state index contributed by atoms with van der Waals surface area (Å²) in [4.78, 5) is 12.2. The molecule has 2 atom stereocenters. The summed E-state index contributed by atoms with van der Waals surface area (Å²) in [6.07, 6.45) is 9.23. The molecule has 0 amide bonds. The molecule has 2 N–H and O–H groups in total. The van der Waals surface area contributed by atoms with Crippen LogP contribution in [0.1, 0.15) is 39.2 Å². The van der Waals surface area contributed by atoms with E-state index in [0.29, 0.717) is 31.6 Å². The van der Waals surface area contributed by atoms with E-state index in [2.05, 4.69) is 18.2 Å². The van der Waals surface area contributed by atoms with Crippen LogP contribution in [0.25, 0.3) is 6.08 Å². The molecule has 2 unspecified atom stereocenters. The van der Waals surface area contributed by atoms with Crippen molar-refractivity contribution in [2.75, 3.05) is 13.2 Å². The quantitative estimate of drug-likeness (QED) is 0.344. The maximum absolute atomic E-state index is 12.2. The van der Waals surface area contributed by atoms with E-state index in [9.17, 15) is 4.79 Å². The molecule has 0 spiro atoms. The third-order valence-corrected chi connectivity index (χ3v) is 4.36. The van der Waals surface area contributed by atoms with Gasteiger partial charge in [0, 0.05) is 24.5 Å². The van der Waals surface area contributed by atoms with Crippen molar-refractivity contribution in [3.8, 4) is 0 Å². The van der Waals surface area contributed by atoms with E-state index in [4.69, 9.17) is 15.2 Å². The van der Waals surface area contributed by atoms with Gasteiger partial charge in [0.05, 0.1) is 6.61 Å². The number of hydrogen-bond acceptors (Lipinski definition) is 4. The molecule has 0 radical (unpaired) electrons. The van der Waals surface area contributed by atoms with Gasteiger partial charge in [0.25, 0.3) is 0 Å². The molecular weight excluding hydrogens is 326 g/mol. The smallest absolute Gasteiger partial charge is 0.333 e. The van der Waals surface area contributed by atoms with Crippen molar-refractivity contribution in [2.45, 2.75) is 39.3 Å². The standard InChI is InChI=1S/C22H29NO3/c1-4-18(21(24)25-5-2)15-19-12-13-22(23,26-6-3)16-20(19)14-17-10-8-7-9-11-17/h7-15,19H,4-6,16,23H2,1-3H3. The normalized spacial score (nSPS) is 24.7. The summed E-state index contributed by atoms with van der Waals surface area (Å²) in [5.74, 6) is -0.261. The number of rotatable bonds is 7. The lowest BCUT2D eigenvalue weighted by atomic mass is 9.83. The minimum Gasteiger partial charge on any atom is -0.463 e. The Labute approximate surface area is 156 Å². The molecule has 0 fully saturated rings. The minimum absolute atomic E-state index is 0.00769. The molecule has 0 aromatic heterocycles. The first-order chi connectivity index (χ1) is 12.5. The first kappa shape index (κ1) is 20.1. The molecule has 0 heterocycles. The van der Waals surface area contributed by atoms with Crippen LogP contribution in [0.2, 0.25) is 0 Å². The predicted octanol–water partition coefficient (Wildman–Crippen LogP) is 4.24. The highest BCUT2D eigenvalue weighted by molar-refractivity contribution is 5.88. The maximum atomic E-state index is 12.2. The molecule has 1 aliphatic carbocycles. The summed E-state index contributed by atoms with van der Waals surface area (Å²) >= 11 is 0. The predicted molar refractivity (Wildman–Crippen MR) is 105 cm³/mol. The third kappa shape index (κ3) is 5.41. The van der Waals surface area contributed by atoms with Crippen LogP contribution in [0, 0.1) is 5.92 Å². The second kappa shape index (κ2) is 9.51. The van der Waals surface area contributed by atoms with Gasteiger partial charge in [-0.2, -0.15) is 0 Å². The molecule has 2 rings (SSSR count). The molecule has 0 aliphatic heterocycles. The SMILES string of the molecule is CCOC(=O)C(=CC1C=CC(N)(OCC)CC1=Cc1ccccc1)CC. The van der Waals surface area contributed by atoms with Crippen LogP contribution in [0.3, 0.4) is 0 Å². The molecule has 26 heavy (non-hydrogen) atoms. The van der Waals surface area contributed by atoms with E-state index in [1.54, 1.807) is 0 Å². The van der Waals surface area contributed by atoms with Gasteiger partial charge in [-0.15, -0.1) is 0 Å². The van der Waals surface area contributed by atoms with Crippen LogP contribution in [0.15, 0.2) is 59.7 Å². The number of nitrogens with two attached hydrogens (primary N) is 1. The van der Waals surface area contributed by atoms with Crippen molar-refractivity contribution in [1.82, 2.24) is 0 Å². The van der Waals surface area contributed by atoms with Crippen molar-refractivity contribution >= 4 is 12.0 Å². The Kier molecular flexibility index (Phi) is 7.37. The Morgan fingerprint density at radius 2 is 1.96 bits per heavy atom. The second-order valence-electron chi connectivity index (χ2n) is 6.35. The van der Waals surface area contributed by atoms with Crippen molar-refractivity contribution < 1.29 is 14.3 Å². The van der Waals surface area contributed by atoms with E-state index in [1.165, 1.54) is 0 Å². The zero-order chi connectivity index (χ0) is 19.0. The minimum atomic E-state index is -0.810. The lowest BCUT2D eigenvalue weighted by molar-refractivity contribution is -0.138. The molecule has 4 nitrogen and oxygen atoms in total. The highest BCUT2D eigenvalue weighted by atomic mass is 16.5. The Morgan fingerprint density at radius 1 is 1.23 bits per heavy atom. The summed E-state index contributed by atoms with van der Waals surface area (Å²) in [5, 5.41) is 0. The fraction of sp³-hybridized carbons (Fsp3) is 0.409. The van der Waals surface area contributed by atoms with Gasteiger partial charge in [-0.3, -0.25) is 5.73 Å². The first-order valence-electron chi connectivity index (χ1n) is 9.26. The molecule has 1 aromatic rings. The van der Waals surface area contributed by atoms with Crippen molar-refractivity contribution in [2.24, 2.45) is 11.7 Å². The lowest BCUT2D eigenvalue weighted by Gasteiger charge is -2.33. The molecule has 1 aliphatic rings. The van der Waals surface area contributed by atoms with Gasteiger partial charge < -0.3 is 9.47 Å². The fourth-order valence-electron chi connectivity index (χ4n) is 3.10. The summed E-state index contributed by atoms with van der Waals surface area (Å²) in [6.45, 7) is 6.63. The number of ether oxygens (including phenoxy) is 2. The molecule has 0 saturated heterocycles. The fourth-order valence-corrected chi connectivity index (χ4v) is 3.10. The van der Waals surface area contributed by atoms with Gasteiger partial charge in [0.2, 0.25) is 0 Å². The summed E-state index contributed by atoms with van der Waals surface area (Å²) < 4.78 is 10.9. The van der Waals surface area contributed by atoms with Crippen LogP contribution < -0.4 is 5.73 Å². The first-order valence-corrected chi connectivity index (χ1v) is 9.26. The summed E-state index contributed by atoms with van der Waals surface area (Å²) in [6, 6.07) is 10.1. The number of benzene rings is 1. The molecule has 4 heteroatoms. The van der Waals surface area contributed by atoms with Crippen molar-refractivity contribution in [3.05, 3.63) is 65.3 Å². The molecule has 140 valence electrons. The number of hydrogen-bond donors (Lipinski definition) is 1. The molecule has 0 saturated carbocycles. The zero-order valence-electron chi connectivity index (χ0n) is 15.9. The van der Waals surface area contributed by atoms with Gasteiger partial charge in [0.1, 0.15) is 5.72 Å². The number of allylic oxidation sites excluding steroid dienone is 2. The summed E-state index contributed by atoms with van der Waals surface area (Å²) in [5.41, 5.74) is 8.47. The van der Waals surface area contributed by atoms with E-state index in [-0.39, 0.29) is 11.9 Å². The average molecular weight is 355 g/mol. The highest BCUT2D eigenvalue weighted by Crippen LogP contribution is 2.33. The van der Waals surface area contributed by atoms with Gasteiger partial charge in [0.15, 0.2) is 0 Å². The Bertz CT molecular complexity index is 691. The number of carbonyl (C=O) groups is 1. The van der Waals surface area contributed by atoms with Crippen LogP contribution in [0.4, 0.5) is 0 Å². The largest absolute Gasteiger partial charge is 0.463 e. The Morgan fingerprint density at radius 3 is 2.58 bits per heavy atom. The Balaban J connectivity index is 2.40. The van der Waals surface area contributed by atoms with Crippen LogP contribution in [-0.2, 0) is 14.3 Å². The van der Waals surface area contributed by atoms with Crippen molar-refractivity contribution in [1.29, 1.82) is 0 Å². The van der Waals surface area contributed by atoms with Crippen LogP contribution in [-0.4, -0.2) is 24.9 Å². The molecular formula is C22H29NO3. The Hall–Kier alpha value is -2.17. The van der Waals surface area contributed by atoms with E-state index < -0.39 is 5.72 Å². The van der Waals surface area contributed by atoms with E-state index >= 15 is 0 Å². The van der Waals surface area contributed by atoms with Crippen LogP contribution >= 0.6 is 0 Å². The second-order valence-corrected chi connectivity index (χ2v) is 6.35. The van der Waals surface area contributed by atoms with E-state index in [1.807, 2.05) is 57.2 Å². The molecule has 1 aromatic carbocycles. The topological polar surface area (TPSA) is 61.5 Å². The van der Waals surface area contributed by atoms with Gasteiger partial charge in [-0.1, -0.05) is 61.1 Å². The lowest BCUT2D eigenvalue weighted by Crippen LogP contribution is -2.43.